The standard InChI is InChI=1S/C12H18N2O/c13-10-7-12(8-10)14-11-3-1-9(2-4-11)5-6-15/h1-4,10,12,14-15H,5-8,13H2. The van der Waals surface area contributed by atoms with Gasteiger partial charge in [-0.3, -0.25) is 0 Å². The van der Waals surface area contributed by atoms with Gasteiger partial charge in [0.15, 0.2) is 0 Å². The molecule has 4 N–H and O–H groups in total. The van der Waals surface area contributed by atoms with Crippen LogP contribution in [0.3, 0.4) is 0 Å². The van der Waals surface area contributed by atoms with E-state index in [0.717, 1.165) is 24.9 Å². The quantitative estimate of drug-likeness (QED) is 0.692. The van der Waals surface area contributed by atoms with E-state index < -0.39 is 0 Å². The summed E-state index contributed by atoms with van der Waals surface area (Å²) in [5, 5.41) is 12.2. The van der Waals surface area contributed by atoms with E-state index in [0.29, 0.717) is 12.1 Å². The van der Waals surface area contributed by atoms with Gasteiger partial charge in [-0.1, -0.05) is 12.1 Å². The summed E-state index contributed by atoms with van der Waals surface area (Å²) in [5.41, 5.74) is 8.04. The molecule has 0 unspecified atom stereocenters. The first-order valence-electron chi connectivity index (χ1n) is 5.50. The average molecular weight is 206 g/mol. The summed E-state index contributed by atoms with van der Waals surface area (Å²) < 4.78 is 0. The number of aliphatic hydroxyl groups is 1. The SMILES string of the molecule is NC1CC(Nc2ccc(CCO)cc2)C1. The minimum atomic E-state index is 0.213. The number of nitrogens with one attached hydrogen (secondary N) is 1. The van der Waals surface area contributed by atoms with Crippen molar-refractivity contribution in [3.8, 4) is 0 Å². The van der Waals surface area contributed by atoms with Gasteiger partial charge in [-0.05, 0) is 37.0 Å². The molecule has 0 aliphatic heterocycles. The summed E-state index contributed by atoms with van der Waals surface area (Å²) in [6.45, 7) is 0.213. The van der Waals surface area contributed by atoms with Crippen LogP contribution in [-0.4, -0.2) is 23.8 Å². The van der Waals surface area contributed by atoms with Crippen molar-refractivity contribution in [3.63, 3.8) is 0 Å². The fraction of sp³-hybridized carbons (Fsp3) is 0.500. The number of anilines is 1. The van der Waals surface area contributed by atoms with Gasteiger partial charge in [0.25, 0.3) is 0 Å². The molecule has 3 nitrogen and oxygen atoms in total. The van der Waals surface area contributed by atoms with Crippen molar-refractivity contribution in [2.45, 2.75) is 31.3 Å². The highest BCUT2D eigenvalue weighted by Gasteiger charge is 2.25. The molecule has 15 heavy (non-hydrogen) atoms. The fourth-order valence-electron chi connectivity index (χ4n) is 1.91. The summed E-state index contributed by atoms with van der Waals surface area (Å²) in [5.74, 6) is 0. The second kappa shape index (κ2) is 4.64. The van der Waals surface area contributed by atoms with Crippen LogP contribution in [0.1, 0.15) is 18.4 Å². The fourth-order valence-corrected chi connectivity index (χ4v) is 1.91. The highest BCUT2D eigenvalue weighted by Crippen LogP contribution is 2.22. The van der Waals surface area contributed by atoms with Crippen LogP contribution in [0, 0.1) is 0 Å². The summed E-state index contributed by atoms with van der Waals surface area (Å²) in [4.78, 5) is 0. The monoisotopic (exact) mass is 206 g/mol. The number of benzene rings is 1. The summed E-state index contributed by atoms with van der Waals surface area (Å²) in [6.07, 6.45) is 2.87. The molecule has 1 aliphatic carbocycles. The van der Waals surface area contributed by atoms with E-state index in [1.54, 1.807) is 0 Å². The summed E-state index contributed by atoms with van der Waals surface area (Å²) in [7, 11) is 0. The lowest BCUT2D eigenvalue weighted by Gasteiger charge is -2.33. The van der Waals surface area contributed by atoms with Crippen LogP contribution in [0.4, 0.5) is 5.69 Å². The van der Waals surface area contributed by atoms with Crippen molar-refractivity contribution < 1.29 is 5.11 Å². The van der Waals surface area contributed by atoms with E-state index in [2.05, 4.69) is 29.6 Å². The van der Waals surface area contributed by atoms with Crippen molar-refractivity contribution in [2.75, 3.05) is 11.9 Å². The van der Waals surface area contributed by atoms with Crippen molar-refractivity contribution >= 4 is 5.69 Å². The van der Waals surface area contributed by atoms with E-state index in [1.165, 1.54) is 5.56 Å². The third-order valence-corrected chi connectivity index (χ3v) is 2.90. The maximum atomic E-state index is 8.78. The molecule has 1 aliphatic rings. The number of hydrogen-bond donors (Lipinski definition) is 3. The normalized spacial score (nSPS) is 24.7. The van der Waals surface area contributed by atoms with Gasteiger partial charge in [0.2, 0.25) is 0 Å². The van der Waals surface area contributed by atoms with Gasteiger partial charge in [-0.2, -0.15) is 0 Å². The first kappa shape index (κ1) is 10.5. The van der Waals surface area contributed by atoms with Crippen LogP contribution in [0.5, 0.6) is 0 Å². The Morgan fingerprint density at radius 2 is 1.93 bits per heavy atom. The molecule has 0 radical (unpaired) electrons. The Labute approximate surface area is 90.3 Å². The average Bonchev–Trinajstić information content (AvgIpc) is 2.19. The topological polar surface area (TPSA) is 58.3 Å². The molecule has 1 saturated carbocycles. The molecule has 0 saturated heterocycles. The second-order valence-corrected chi connectivity index (χ2v) is 4.24. The van der Waals surface area contributed by atoms with Gasteiger partial charge in [-0.25, -0.2) is 0 Å². The number of rotatable bonds is 4. The van der Waals surface area contributed by atoms with Crippen molar-refractivity contribution in [3.05, 3.63) is 29.8 Å². The van der Waals surface area contributed by atoms with Gasteiger partial charge in [0, 0.05) is 24.4 Å². The molecule has 0 bridgehead atoms. The second-order valence-electron chi connectivity index (χ2n) is 4.24. The lowest BCUT2D eigenvalue weighted by molar-refractivity contribution is 0.299. The first-order chi connectivity index (χ1) is 7.28. The minimum Gasteiger partial charge on any atom is -0.396 e. The molecule has 0 heterocycles. The molecular weight excluding hydrogens is 188 g/mol. The molecule has 0 aromatic heterocycles. The zero-order chi connectivity index (χ0) is 10.7. The smallest absolute Gasteiger partial charge is 0.0471 e. The Balaban J connectivity index is 1.87. The molecule has 82 valence electrons. The summed E-state index contributed by atoms with van der Waals surface area (Å²) in [6, 6.07) is 9.16. The summed E-state index contributed by atoms with van der Waals surface area (Å²) >= 11 is 0. The zero-order valence-corrected chi connectivity index (χ0v) is 8.82. The van der Waals surface area contributed by atoms with E-state index in [1.807, 2.05) is 0 Å². The molecular formula is C12H18N2O. The maximum Gasteiger partial charge on any atom is 0.0471 e. The van der Waals surface area contributed by atoms with Gasteiger partial charge >= 0.3 is 0 Å². The molecule has 0 amide bonds. The third-order valence-electron chi connectivity index (χ3n) is 2.90. The lowest BCUT2D eigenvalue weighted by Crippen LogP contribution is -2.44. The Morgan fingerprint density at radius 3 is 2.47 bits per heavy atom. The van der Waals surface area contributed by atoms with Gasteiger partial charge in [0.05, 0.1) is 0 Å². The first-order valence-corrected chi connectivity index (χ1v) is 5.50. The Kier molecular flexibility index (Phi) is 3.23. The Morgan fingerprint density at radius 1 is 1.27 bits per heavy atom. The van der Waals surface area contributed by atoms with Crippen LogP contribution in [0.2, 0.25) is 0 Å². The number of aliphatic hydroxyl groups excluding tert-OH is 1. The number of nitrogens with two attached hydrogens (primary N) is 1. The largest absolute Gasteiger partial charge is 0.396 e. The van der Waals surface area contributed by atoms with Crippen LogP contribution in [0.15, 0.2) is 24.3 Å². The molecule has 1 aromatic carbocycles. The molecule has 1 fully saturated rings. The zero-order valence-electron chi connectivity index (χ0n) is 8.82. The Hall–Kier alpha value is -1.06. The maximum absolute atomic E-state index is 8.78. The Bertz CT molecular complexity index is 304. The van der Waals surface area contributed by atoms with Crippen molar-refractivity contribution in [2.24, 2.45) is 5.73 Å². The van der Waals surface area contributed by atoms with Crippen LogP contribution < -0.4 is 11.1 Å². The third kappa shape index (κ3) is 2.70. The van der Waals surface area contributed by atoms with Gasteiger partial charge in [-0.15, -0.1) is 0 Å². The molecule has 3 heteroatoms. The van der Waals surface area contributed by atoms with E-state index >= 15 is 0 Å². The molecule has 1 aromatic rings. The molecule has 0 atom stereocenters. The molecule has 2 rings (SSSR count). The van der Waals surface area contributed by atoms with E-state index in [-0.39, 0.29) is 6.61 Å². The van der Waals surface area contributed by atoms with E-state index in [9.17, 15) is 0 Å². The predicted octanol–water partition coefficient (Wildman–Crippen LogP) is 1.12. The number of hydrogen-bond acceptors (Lipinski definition) is 3. The van der Waals surface area contributed by atoms with Gasteiger partial charge < -0.3 is 16.2 Å². The van der Waals surface area contributed by atoms with E-state index in [4.69, 9.17) is 10.8 Å². The van der Waals surface area contributed by atoms with Gasteiger partial charge in [0.1, 0.15) is 0 Å². The van der Waals surface area contributed by atoms with Crippen LogP contribution in [-0.2, 0) is 6.42 Å². The predicted molar refractivity (Wildman–Crippen MR) is 61.9 cm³/mol. The van der Waals surface area contributed by atoms with Crippen LogP contribution in [0.25, 0.3) is 0 Å². The van der Waals surface area contributed by atoms with Crippen molar-refractivity contribution in [1.29, 1.82) is 0 Å². The van der Waals surface area contributed by atoms with Crippen LogP contribution >= 0.6 is 0 Å². The highest BCUT2D eigenvalue weighted by atomic mass is 16.2. The minimum absolute atomic E-state index is 0.213. The highest BCUT2D eigenvalue weighted by molar-refractivity contribution is 5.46. The lowest BCUT2D eigenvalue weighted by atomic mass is 9.87. The molecule has 0 spiro atoms. The van der Waals surface area contributed by atoms with Crippen molar-refractivity contribution in [1.82, 2.24) is 0 Å².